The lowest BCUT2D eigenvalue weighted by atomic mass is 9.97. The molecule has 0 saturated carbocycles. The van der Waals surface area contributed by atoms with Gasteiger partial charge >= 0.3 is 0 Å². The Balaban J connectivity index is 2.11. The molecular formula is C19H22BrFN2OS. The lowest BCUT2D eigenvalue weighted by Gasteiger charge is -2.23. The van der Waals surface area contributed by atoms with Crippen molar-refractivity contribution in [3.8, 4) is 5.75 Å². The van der Waals surface area contributed by atoms with E-state index < -0.39 is 0 Å². The summed E-state index contributed by atoms with van der Waals surface area (Å²) in [6.07, 6.45) is 0.900. The maximum Gasteiger partial charge on any atom is 0.171 e. The molecule has 1 atom stereocenters. The van der Waals surface area contributed by atoms with Crippen LogP contribution in [0.4, 0.5) is 10.1 Å². The lowest BCUT2D eigenvalue weighted by molar-refractivity contribution is 0.414. The molecule has 0 aliphatic carbocycles. The number of rotatable bonds is 6. The molecule has 0 unspecified atom stereocenters. The fraction of sp³-hybridized carbons (Fsp3) is 0.316. The van der Waals surface area contributed by atoms with Crippen molar-refractivity contribution in [2.45, 2.75) is 26.3 Å². The standard InChI is InChI=1S/C19H22BrFN2OS/c1-12(2)10-18(13-4-7-15(24-3)8-5-13)23-19(25)22-17-9-6-14(20)11-16(17)21/h4-9,11-12,18H,10H2,1-3H3,(H2,22,23,25)/t18-/m1/s1. The molecule has 25 heavy (non-hydrogen) atoms. The molecule has 0 spiro atoms. The van der Waals surface area contributed by atoms with Gasteiger partial charge < -0.3 is 15.4 Å². The summed E-state index contributed by atoms with van der Waals surface area (Å²) in [6, 6.07) is 12.7. The first-order chi connectivity index (χ1) is 11.9. The Labute approximate surface area is 162 Å². The monoisotopic (exact) mass is 424 g/mol. The van der Waals surface area contributed by atoms with Gasteiger partial charge in [0.25, 0.3) is 0 Å². The molecule has 2 aromatic rings. The molecule has 2 N–H and O–H groups in total. The molecule has 0 radical (unpaired) electrons. The molecule has 0 heterocycles. The van der Waals surface area contributed by atoms with Crippen molar-refractivity contribution < 1.29 is 9.13 Å². The van der Waals surface area contributed by atoms with Gasteiger partial charge in [0.2, 0.25) is 0 Å². The van der Waals surface area contributed by atoms with E-state index >= 15 is 0 Å². The molecule has 2 aromatic carbocycles. The predicted molar refractivity (Wildman–Crippen MR) is 109 cm³/mol. The minimum absolute atomic E-state index is 0.0319. The zero-order valence-corrected chi connectivity index (χ0v) is 16.9. The first-order valence-corrected chi connectivity index (χ1v) is 9.25. The Hall–Kier alpha value is -1.66. The zero-order valence-electron chi connectivity index (χ0n) is 14.5. The van der Waals surface area contributed by atoms with Crippen molar-refractivity contribution in [1.82, 2.24) is 5.32 Å². The van der Waals surface area contributed by atoms with Gasteiger partial charge in [0, 0.05) is 4.47 Å². The van der Waals surface area contributed by atoms with Crippen molar-refractivity contribution in [2.24, 2.45) is 5.92 Å². The Morgan fingerprint density at radius 2 is 1.88 bits per heavy atom. The van der Waals surface area contributed by atoms with E-state index in [0.29, 0.717) is 21.2 Å². The SMILES string of the molecule is COc1ccc([C@@H](CC(C)C)NC(=S)Nc2ccc(Br)cc2F)cc1. The maximum absolute atomic E-state index is 14.0. The largest absolute Gasteiger partial charge is 0.497 e. The summed E-state index contributed by atoms with van der Waals surface area (Å²) < 4.78 is 19.9. The van der Waals surface area contributed by atoms with Gasteiger partial charge in [0.1, 0.15) is 11.6 Å². The van der Waals surface area contributed by atoms with Crippen LogP contribution in [0, 0.1) is 11.7 Å². The van der Waals surface area contributed by atoms with Crippen LogP contribution in [0.2, 0.25) is 0 Å². The Morgan fingerprint density at radius 1 is 1.20 bits per heavy atom. The molecule has 0 bridgehead atoms. The topological polar surface area (TPSA) is 33.3 Å². The highest BCUT2D eigenvalue weighted by Crippen LogP contribution is 2.24. The van der Waals surface area contributed by atoms with E-state index in [-0.39, 0.29) is 11.9 Å². The summed E-state index contributed by atoms with van der Waals surface area (Å²) in [7, 11) is 1.64. The van der Waals surface area contributed by atoms with E-state index in [1.165, 1.54) is 6.07 Å². The van der Waals surface area contributed by atoms with Crippen molar-refractivity contribution in [2.75, 3.05) is 12.4 Å². The Morgan fingerprint density at radius 3 is 2.44 bits per heavy atom. The number of ether oxygens (including phenoxy) is 1. The molecule has 0 aliphatic heterocycles. The van der Waals surface area contributed by atoms with Crippen molar-refractivity contribution in [3.63, 3.8) is 0 Å². The first-order valence-electron chi connectivity index (χ1n) is 8.05. The summed E-state index contributed by atoms with van der Waals surface area (Å²) in [5, 5.41) is 6.62. The highest BCUT2D eigenvalue weighted by atomic mass is 79.9. The molecule has 0 fully saturated rings. The molecule has 0 aromatic heterocycles. The normalized spacial score (nSPS) is 11.9. The quantitative estimate of drug-likeness (QED) is 0.585. The van der Waals surface area contributed by atoms with Gasteiger partial charge in [0.05, 0.1) is 18.8 Å². The minimum Gasteiger partial charge on any atom is -0.497 e. The summed E-state index contributed by atoms with van der Waals surface area (Å²) >= 11 is 8.63. The number of anilines is 1. The van der Waals surface area contributed by atoms with Crippen LogP contribution < -0.4 is 15.4 Å². The fourth-order valence-corrected chi connectivity index (χ4v) is 3.08. The number of hydrogen-bond acceptors (Lipinski definition) is 2. The predicted octanol–water partition coefficient (Wildman–Crippen LogP) is 5.67. The number of methoxy groups -OCH3 is 1. The maximum atomic E-state index is 14.0. The van der Waals surface area contributed by atoms with E-state index in [2.05, 4.69) is 40.4 Å². The summed E-state index contributed by atoms with van der Waals surface area (Å²) in [5.74, 6) is 0.930. The van der Waals surface area contributed by atoms with Gasteiger partial charge in [0.15, 0.2) is 5.11 Å². The highest BCUT2D eigenvalue weighted by molar-refractivity contribution is 9.10. The third-order valence-corrected chi connectivity index (χ3v) is 4.42. The zero-order chi connectivity index (χ0) is 18.4. The second-order valence-electron chi connectivity index (χ2n) is 6.18. The van der Waals surface area contributed by atoms with E-state index in [9.17, 15) is 4.39 Å². The van der Waals surface area contributed by atoms with Crippen LogP contribution in [-0.4, -0.2) is 12.2 Å². The van der Waals surface area contributed by atoms with Crippen LogP contribution >= 0.6 is 28.1 Å². The molecule has 0 aliphatic rings. The fourth-order valence-electron chi connectivity index (χ4n) is 2.49. The molecule has 2 rings (SSSR count). The third-order valence-electron chi connectivity index (χ3n) is 3.71. The Bertz CT molecular complexity index is 722. The number of benzene rings is 2. The van der Waals surface area contributed by atoms with Crippen LogP contribution in [0.3, 0.4) is 0 Å². The summed E-state index contributed by atoms with van der Waals surface area (Å²) in [4.78, 5) is 0. The van der Waals surface area contributed by atoms with Crippen LogP contribution in [0.1, 0.15) is 31.9 Å². The molecule has 6 heteroatoms. The van der Waals surface area contributed by atoms with Gasteiger partial charge in [-0.2, -0.15) is 0 Å². The molecule has 0 amide bonds. The molecule has 3 nitrogen and oxygen atoms in total. The van der Waals surface area contributed by atoms with Crippen molar-refractivity contribution in [3.05, 3.63) is 58.3 Å². The van der Waals surface area contributed by atoms with Gasteiger partial charge in [-0.1, -0.05) is 41.9 Å². The second kappa shape index (κ2) is 9.15. The van der Waals surface area contributed by atoms with E-state index in [1.807, 2.05) is 24.3 Å². The van der Waals surface area contributed by atoms with E-state index in [0.717, 1.165) is 17.7 Å². The van der Waals surface area contributed by atoms with Crippen LogP contribution in [0.15, 0.2) is 46.9 Å². The average molecular weight is 425 g/mol. The van der Waals surface area contributed by atoms with Crippen LogP contribution in [0.25, 0.3) is 0 Å². The van der Waals surface area contributed by atoms with Crippen molar-refractivity contribution >= 4 is 38.9 Å². The van der Waals surface area contributed by atoms with Crippen LogP contribution in [-0.2, 0) is 0 Å². The summed E-state index contributed by atoms with van der Waals surface area (Å²) in [5.41, 5.74) is 1.45. The van der Waals surface area contributed by atoms with Gasteiger partial charge in [-0.15, -0.1) is 0 Å². The van der Waals surface area contributed by atoms with Gasteiger partial charge in [-0.25, -0.2) is 4.39 Å². The highest BCUT2D eigenvalue weighted by Gasteiger charge is 2.15. The first kappa shape index (κ1) is 19.7. The number of hydrogen-bond donors (Lipinski definition) is 2. The number of nitrogens with one attached hydrogen (secondary N) is 2. The van der Waals surface area contributed by atoms with E-state index in [4.69, 9.17) is 17.0 Å². The van der Waals surface area contributed by atoms with Gasteiger partial charge in [-0.05, 0) is 60.5 Å². The van der Waals surface area contributed by atoms with E-state index in [1.54, 1.807) is 19.2 Å². The second-order valence-corrected chi connectivity index (χ2v) is 7.50. The van der Waals surface area contributed by atoms with Crippen LogP contribution in [0.5, 0.6) is 5.75 Å². The lowest BCUT2D eigenvalue weighted by Crippen LogP contribution is -2.33. The van der Waals surface area contributed by atoms with Crippen molar-refractivity contribution in [1.29, 1.82) is 0 Å². The molecular weight excluding hydrogens is 403 g/mol. The average Bonchev–Trinajstić information content (AvgIpc) is 2.56. The number of halogens is 2. The third kappa shape index (κ3) is 5.97. The summed E-state index contributed by atoms with van der Waals surface area (Å²) in [6.45, 7) is 4.31. The molecule has 0 saturated heterocycles. The smallest absolute Gasteiger partial charge is 0.171 e. The molecule has 134 valence electrons. The minimum atomic E-state index is -0.358. The number of thiocarbonyl (C=S) groups is 1. The Kier molecular flexibility index (Phi) is 7.20. The van der Waals surface area contributed by atoms with Gasteiger partial charge in [-0.3, -0.25) is 0 Å².